The molecule has 0 atom stereocenters. The molecule has 0 unspecified atom stereocenters. The molecule has 9 heavy (non-hydrogen) atoms. The second-order valence-electron chi connectivity index (χ2n) is 2.12. The molecule has 0 aromatic carbocycles. The van der Waals surface area contributed by atoms with Crippen LogP contribution >= 0.6 is 12.8 Å². The molecule has 1 heterocycles. The predicted octanol–water partition coefficient (Wildman–Crippen LogP) is 0.757. The van der Waals surface area contributed by atoms with Crippen LogP contribution in [0, 0.1) is 0 Å². The summed E-state index contributed by atoms with van der Waals surface area (Å²) in [7, 11) is 0. The van der Waals surface area contributed by atoms with Gasteiger partial charge in [0.1, 0.15) is 0 Å². The lowest BCUT2D eigenvalue weighted by molar-refractivity contribution is 0.311. The van der Waals surface area contributed by atoms with Gasteiger partial charge in [0.25, 0.3) is 0 Å². The Balaban J connectivity index is 2.35. The van der Waals surface area contributed by atoms with Crippen LogP contribution in [0.15, 0.2) is 5.16 Å². The maximum atomic E-state index is 8.32. The Morgan fingerprint density at radius 2 is 2.00 bits per heavy atom. The molecule has 1 fully saturated rings. The van der Waals surface area contributed by atoms with Crippen LogP contribution in [0.2, 0.25) is 0 Å². The molecule has 3 nitrogen and oxygen atoms in total. The summed E-state index contributed by atoms with van der Waals surface area (Å²) in [6, 6.07) is 0. The van der Waals surface area contributed by atoms with E-state index in [2.05, 4.69) is 18.0 Å². The topological polar surface area (TPSA) is 35.8 Å². The van der Waals surface area contributed by atoms with E-state index in [4.69, 9.17) is 5.21 Å². The summed E-state index contributed by atoms with van der Waals surface area (Å²) in [4.78, 5) is 0. The number of hydrogen-bond donors (Lipinski definition) is 2. The highest BCUT2D eigenvalue weighted by Gasteiger charge is 2.11. The third-order valence-corrected chi connectivity index (χ3v) is 1.86. The summed E-state index contributed by atoms with van der Waals surface area (Å²) in [5, 5.41) is 11.5. The van der Waals surface area contributed by atoms with Gasteiger partial charge in [-0.25, -0.2) is 0 Å². The molecule has 0 aromatic rings. The molecular formula is C5H10N2OS. The summed E-state index contributed by atoms with van der Waals surface area (Å²) >= 11 is 4.14. The van der Waals surface area contributed by atoms with Gasteiger partial charge in [-0.2, -0.15) is 0 Å². The Bertz CT molecular complexity index is 116. The van der Waals surface area contributed by atoms with Crippen LogP contribution in [-0.2, 0) is 0 Å². The van der Waals surface area contributed by atoms with Crippen molar-refractivity contribution in [1.29, 1.82) is 0 Å². The number of thiol groups is 1. The Morgan fingerprint density at radius 3 is 2.44 bits per heavy atom. The second-order valence-corrected chi connectivity index (χ2v) is 2.69. The molecule has 0 bridgehead atoms. The van der Waals surface area contributed by atoms with Crippen LogP contribution in [0.1, 0.15) is 12.8 Å². The fourth-order valence-corrected chi connectivity index (χ4v) is 1.05. The van der Waals surface area contributed by atoms with Gasteiger partial charge in [0.2, 0.25) is 0 Å². The molecule has 0 radical (unpaired) electrons. The van der Waals surface area contributed by atoms with Crippen LogP contribution < -0.4 is 0 Å². The van der Waals surface area contributed by atoms with E-state index < -0.39 is 0 Å². The predicted molar refractivity (Wildman–Crippen MR) is 39.0 cm³/mol. The normalized spacial score (nSPS) is 22.1. The smallest absolute Gasteiger partial charge is 0.0597 e. The molecule has 0 spiro atoms. The average Bonchev–Trinajstić information content (AvgIpc) is 1.90. The molecule has 52 valence electrons. The van der Waals surface area contributed by atoms with E-state index >= 15 is 0 Å². The van der Waals surface area contributed by atoms with Crippen LogP contribution in [0.5, 0.6) is 0 Å². The minimum absolute atomic E-state index is 0.847. The molecule has 0 aliphatic carbocycles. The first kappa shape index (κ1) is 6.89. The molecule has 1 rings (SSSR count). The third-order valence-electron chi connectivity index (χ3n) is 1.46. The number of hydrogen-bond acceptors (Lipinski definition) is 4. The summed E-state index contributed by atoms with van der Waals surface area (Å²) in [5.74, 6) is 0. The Hall–Kier alpha value is -0.220. The summed E-state index contributed by atoms with van der Waals surface area (Å²) in [6.45, 7) is 1.78. The maximum Gasteiger partial charge on any atom is 0.0597 e. The van der Waals surface area contributed by atoms with Crippen molar-refractivity contribution in [3.8, 4) is 0 Å². The van der Waals surface area contributed by atoms with E-state index in [1.165, 1.54) is 0 Å². The van der Waals surface area contributed by atoms with Crippen molar-refractivity contribution in [1.82, 2.24) is 4.31 Å². The summed E-state index contributed by atoms with van der Waals surface area (Å²) in [6.07, 6.45) is 1.69. The van der Waals surface area contributed by atoms with E-state index in [1.54, 1.807) is 0 Å². The monoisotopic (exact) mass is 146 g/mol. The van der Waals surface area contributed by atoms with Gasteiger partial charge in [0.05, 0.1) is 5.71 Å². The van der Waals surface area contributed by atoms with Crippen LogP contribution in [0.25, 0.3) is 0 Å². The summed E-state index contributed by atoms with van der Waals surface area (Å²) in [5.41, 5.74) is 0.889. The first-order valence-electron chi connectivity index (χ1n) is 2.96. The fourth-order valence-electron chi connectivity index (χ4n) is 0.853. The first-order chi connectivity index (χ1) is 4.33. The number of oxime groups is 1. The van der Waals surface area contributed by atoms with Crippen molar-refractivity contribution in [2.24, 2.45) is 5.16 Å². The van der Waals surface area contributed by atoms with Crippen molar-refractivity contribution in [2.75, 3.05) is 13.1 Å². The number of piperidine rings is 1. The number of rotatable bonds is 0. The van der Waals surface area contributed by atoms with Crippen LogP contribution in [0.4, 0.5) is 0 Å². The van der Waals surface area contributed by atoms with Gasteiger partial charge in [-0.3, -0.25) is 4.31 Å². The highest BCUT2D eigenvalue weighted by molar-refractivity contribution is 7.77. The van der Waals surface area contributed by atoms with E-state index in [9.17, 15) is 0 Å². The SMILES string of the molecule is ON=C1CCN(S)CC1. The quantitative estimate of drug-likeness (QED) is 0.300. The molecule has 0 aromatic heterocycles. The molecule has 1 N–H and O–H groups in total. The van der Waals surface area contributed by atoms with Crippen LogP contribution in [0.3, 0.4) is 0 Å². The third kappa shape index (κ3) is 1.87. The molecule has 1 saturated heterocycles. The average molecular weight is 146 g/mol. The molecular weight excluding hydrogens is 136 g/mol. The van der Waals surface area contributed by atoms with E-state index in [0.717, 1.165) is 31.6 Å². The molecule has 0 saturated carbocycles. The Labute approximate surface area is 59.9 Å². The van der Waals surface area contributed by atoms with Crippen molar-refractivity contribution in [3.63, 3.8) is 0 Å². The van der Waals surface area contributed by atoms with E-state index in [-0.39, 0.29) is 0 Å². The molecule has 1 aliphatic heterocycles. The van der Waals surface area contributed by atoms with Crippen LogP contribution in [-0.4, -0.2) is 28.3 Å². The highest BCUT2D eigenvalue weighted by Crippen LogP contribution is 2.07. The zero-order valence-corrected chi connectivity index (χ0v) is 6.01. The Kier molecular flexibility index (Phi) is 2.36. The lowest BCUT2D eigenvalue weighted by Gasteiger charge is -2.20. The van der Waals surface area contributed by atoms with Gasteiger partial charge in [-0.1, -0.05) is 18.0 Å². The zero-order valence-electron chi connectivity index (χ0n) is 5.12. The van der Waals surface area contributed by atoms with Gasteiger partial charge in [0.15, 0.2) is 0 Å². The largest absolute Gasteiger partial charge is 0.411 e. The highest BCUT2D eigenvalue weighted by atomic mass is 32.1. The van der Waals surface area contributed by atoms with Gasteiger partial charge >= 0.3 is 0 Å². The maximum absolute atomic E-state index is 8.32. The lowest BCUT2D eigenvalue weighted by Crippen LogP contribution is -2.26. The van der Waals surface area contributed by atoms with Gasteiger partial charge < -0.3 is 5.21 Å². The molecule has 4 heteroatoms. The fraction of sp³-hybridized carbons (Fsp3) is 0.800. The van der Waals surface area contributed by atoms with E-state index in [0.29, 0.717) is 0 Å². The lowest BCUT2D eigenvalue weighted by atomic mass is 10.1. The zero-order chi connectivity index (χ0) is 6.69. The van der Waals surface area contributed by atoms with Crippen molar-refractivity contribution in [2.45, 2.75) is 12.8 Å². The minimum atomic E-state index is 0.847. The van der Waals surface area contributed by atoms with E-state index in [1.807, 2.05) is 4.31 Å². The molecule has 0 amide bonds. The second kappa shape index (κ2) is 3.08. The summed E-state index contributed by atoms with van der Waals surface area (Å²) < 4.78 is 1.93. The van der Waals surface area contributed by atoms with Crippen molar-refractivity contribution < 1.29 is 5.21 Å². The molecule has 1 aliphatic rings. The van der Waals surface area contributed by atoms with Crippen molar-refractivity contribution >= 4 is 18.5 Å². The van der Waals surface area contributed by atoms with Gasteiger partial charge in [-0.05, 0) is 0 Å². The standard InChI is InChI=1S/C5H10N2OS/c8-6-5-1-3-7(9)4-2-5/h8-9H,1-4H2. The minimum Gasteiger partial charge on any atom is -0.411 e. The van der Waals surface area contributed by atoms with Gasteiger partial charge in [0, 0.05) is 25.9 Å². The number of nitrogens with zero attached hydrogens (tertiary/aromatic N) is 2. The van der Waals surface area contributed by atoms with Gasteiger partial charge in [-0.15, -0.1) is 0 Å². The van der Waals surface area contributed by atoms with Crippen molar-refractivity contribution in [3.05, 3.63) is 0 Å². The Morgan fingerprint density at radius 1 is 1.44 bits per heavy atom. The first-order valence-corrected chi connectivity index (χ1v) is 3.36.